The van der Waals surface area contributed by atoms with Crippen LogP contribution >= 0.6 is 23.5 Å². The highest BCUT2D eigenvalue weighted by Crippen LogP contribution is 2.49. The molecule has 13 rings (SSSR count). The molecule has 0 bridgehead atoms. The van der Waals surface area contributed by atoms with E-state index >= 15 is 0 Å². The van der Waals surface area contributed by atoms with E-state index in [1.54, 1.807) is 0 Å². The fraction of sp³-hybridized carbons (Fsp3) is 0. The van der Waals surface area contributed by atoms with Crippen LogP contribution in [0.1, 0.15) is 0 Å². The Morgan fingerprint density at radius 1 is 0.339 bits per heavy atom. The molecule has 0 saturated carbocycles. The van der Waals surface area contributed by atoms with Crippen molar-refractivity contribution in [1.29, 1.82) is 0 Å². The molecule has 0 fully saturated rings. The first-order valence-electron chi connectivity index (χ1n) is 20.2. The van der Waals surface area contributed by atoms with Gasteiger partial charge in [-0.2, -0.15) is 0 Å². The van der Waals surface area contributed by atoms with Crippen molar-refractivity contribution >= 4 is 90.2 Å². The van der Waals surface area contributed by atoms with Crippen molar-refractivity contribution in [2.75, 3.05) is 0 Å². The molecule has 5 heteroatoms. The van der Waals surface area contributed by atoms with E-state index in [1.807, 2.05) is 23.5 Å². The molecule has 0 saturated heterocycles. The molecule has 0 spiro atoms. The zero-order chi connectivity index (χ0) is 38.6. The van der Waals surface area contributed by atoms with Crippen LogP contribution in [0.5, 0.6) is 0 Å². The molecule has 0 amide bonds. The third kappa shape index (κ3) is 4.92. The van der Waals surface area contributed by atoms with Crippen molar-refractivity contribution in [1.82, 2.24) is 9.13 Å². The Kier molecular flexibility index (Phi) is 7.30. The van der Waals surface area contributed by atoms with Crippen LogP contribution in [0.3, 0.4) is 0 Å². The fourth-order valence-corrected chi connectivity index (χ4v) is 12.5. The summed E-state index contributed by atoms with van der Waals surface area (Å²) in [7, 11) is 0. The molecule has 0 N–H and O–H groups in total. The Morgan fingerprint density at radius 2 is 0.746 bits per heavy atom. The van der Waals surface area contributed by atoms with Gasteiger partial charge in [-0.1, -0.05) is 168 Å². The Labute approximate surface area is 350 Å². The molecule has 274 valence electrons. The van der Waals surface area contributed by atoms with Crippen molar-refractivity contribution in [3.63, 3.8) is 0 Å². The number of aromatic nitrogens is 2. The second-order valence-corrected chi connectivity index (χ2v) is 17.7. The van der Waals surface area contributed by atoms with Crippen molar-refractivity contribution < 1.29 is 0 Å². The number of fused-ring (bicyclic) bond motifs is 10. The minimum Gasteiger partial charge on any atom is -0.309 e. The van der Waals surface area contributed by atoms with Gasteiger partial charge in [0.2, 0.25) is 6.71 Å². The minimum absolute atomic E-state index is 0.132. The molecule has 0 radical (unpaired) electrons. The predicted molar refractivity (Wildman–Crippen MR) is 252 cm³/mol. The van der Waals surface area contributed by atoms with Gasteiger partial charge in [0.05, 0.1) is 22.1 Å². The predicted octanol–water partition coefficient (Wildman–Crippen LogP) is 12.7. The summed E-state index contributed by atoms with van der Waals surface area (Å²) in [6, 6.07) is 74.2. The second kappa shape index (κ2) is 12.9. The zero-order valence-corrected chi connectivity index (χ0v) is 33.5. The van der Waals surface area contributed by atoms with Crippen molar-refractivity contribution in [2.45, 2.75) is 19.6 Å². The van der Waals surface area contributed by atoms with Crippen LogP contribution in [0.4, 0.5) is 0 Å². The number of hydrogen-bond donors (Lipinski definition) is 0. The fourth-order valence-electron chi connectivity index (χ4n) is 9.89. The quantitative estimate of drug-likeness (QED) is 0.165. The lowest BCUT2D eigenvalue weighted by atomic mass is 9.36. The van der Waals surface area contributed by atoms with E-state index in [-0.39, 0.29) is 6.71 Å². The molecule has 0 atom stereocenters. The summed E-state index contributed by atoms with van der Waals surface area (Å²) in [4.78, 5) is 5.38. The van der Waals surface area contributed by atoms with Gasteiger partial charge < -0.3 is 9.13 Å². The van der Waals surface area contributed by atoms with Crippen LogP contribution in [0.15, 0.2) is 220 Å². The summed E-state index contributed by atoms with van der Waals surface area (Å²) in [5.74, 6) is 0. The molecule has 2 aliphatic rings. The van der Waals surface area contributed by atoms with E-state index < -0.39 is 0 Å². The van der Waals surface area contributed by atoms with E-state index in [0.29, 0.717) is 0 Å². The summed E-state index contributed by atoms with van der Waals surface area (Å²) in [6.07, 6.45) is 0. The van der Waals surface area contributed by atoms with Crippen molar-refractivity contribution in [3.8, 4) is 33.6 Å². The summed E-state index contributed by atoms with van der Waals surface area (Å²) in [5.41, 5.74) is 16.4. The summed E-state index contributed by atoms with van der Waals surface area (Å²) in [6.45, 7) is 0.132. The molecule has 4 heterocycles. The first-order chi connectivity index (χ1) is 29.3. The Balaban J connectivity index is 1.13. The highest BCUT2D eigenvalue weighted by molar-refractivity contribution is 8.01. The second-order valence-electron chi connectivity index (χ2n) is 15.6. The maximum absolute atomic E-state index is 2.51. The lowest BCUT2D eigenvalue weighted by Crippen LogP contribution is -2.58. The summed E-state index contributed by atoms with van der Waals surface area (Å²) in [5, 5.41) is 5.06. The Bertz CT molecular complexity index is 3280. The normalized spacial score (nSPS) is 12.9. The average molecular weight is 785 g/mol. The topological polar surface area (TPSA) is 9.86 Å². The lowest BCUT2D eigenvalue weighted by molar-refractivity contribution is 1.18. The SMILES string of the molecule is c1ccc(-n2c3ccccc3c3ccc(-c4cc(-c5ccc6c7ccccc7n(-c7ccccc7)c6c5)c5c6c4Sc4ccccc4B6c4ccccc4S5)cc32)cc1. The first-order valence-corrected chi connectivity index (χ1v) is 21.8. The molecular formula is C54H33BN2S2. The van der Waals surface area contributed by atoms with E-state index in [4.69, 9.17) is 0 Å². The Hall–Kier alpha value is -6.66. The molecule has 2 aromatic heterocycles. The van der Waals surface area contributed by atoms with Gasteiger partial charge in [-0.15, -0.1) is 0 Å². The summed E-state index contributed by atoms with van der Waals surface area (Å²) < 4.78 is 4.87. The zero-order valence-electron chi connectivity index (χ0n) is 31.8. The van der Waals surface area contributed by atoms with Crippen LogP contribution in [-0.2, 0) is 0 Å². The number of hydrogen-bond acceptors (Lipinski definition) is 2. The van der Waals surface area contributed by atoms with Gasteiger partial charge in [-0.25, -0.2) is 0 Å². The van der Waals surface area contributed by atoms with Crippen LogP contribution in [-0.4, -0.2) is 15.8 Å². The number of rotatable bonds is 4. The molecule has 11 aromatic rings. The van der Waals surface area contributed by atoms with Crippen LogP contribution in [0.2, 0.25) is 0 Å². The van der Waals surface area contributed by atoms with E-state index in [9.17, 15) is 0 Å². The standard InChI is InChI=1S/C54H33BN2S2/c1-3-15-36(16-4-1)56-46-23-11-7-19-38(46)40-29-27-34(31-48(40)56)42-33-43(35-28-30-41-39-20-8-12-24-47(39)57(49(41)32-35)37-17-5-2-6-18-37)54-52-53(42)58-50-25-13-9-21-44(50)55(52)45-22-10-14-26-51(45)59-54/h1-33H. The third-order valence-corrected chi connectivity index (χ3v) is 14.9. The molecule has 9 aromatic carbocycles. The Morgan fingerprint density at radius 3 is 1.24 bits per heavy atom. The molecule has 2 nitrogen and oxygen atoms in total. The maximum Gasteiger partial charge on any atom is 0.247 e. The maximum atomic E-state index is 2.51. The highest BCUT2D eigenvalue weighted by Gasteiger charge is 2.40. The molecule has 2 aliphatic heterocycles. The summed E-state index contributed by atoms with van der Waals surface area (Å²) >= 11 is 3.88. The van der Waals surface area contributed by atoms with Crippen LogP contribution in [0, 0.1) is 0 Å². The number of nitrogens with zero attached hydrogens (tertiary/aromatic N) is 2. The number of benzene rings is 9. The minimum atomic E-state index is 0.132. The average Bonchev–Trinajstić information content (AvgIpc) is 3.81. The van der Waals surface area contributed by atoms with Crippen LogP contribution < -0.4 is 16.4 Å². The van der Waals surface area contributed by atoms with Gasteiger partial charge >= 0.3 is 0 Å². The van der Waals surface area contributed by atoms with Gasteiger partial charge in [0, 0.05) is 52.5 Å². The smallest absolute Gasteiger partial charge is 0.247 e. The van der Waals surface area contributed by atoms with Crippen molar-refractivity contribution in [3.05, 3.63) is 200 Å². The molecule has 0 unspecified atom stereocenters. The van der Waals surface area contributed by atoms with E-state index in [2.05, 4.69) is 209 Å². The third-order valence-electron chi connectivity index (χ3n) is 12.4. The molecular weight excluding hydrogens is 752 g/mol. The van der Waals surface area contributed by atoms with Gasteiger partial charge in [-0.05, 0) is 94.4 Å². The van der Waals surface area contributed by atoms with E-state index in [1.165, 1.54) is 113 Å². The first kappa shape index (κ1) is 33.3. The van der Waals surface area contributed by atoms with Gasteiger partial charge in [-0.3, -0.25) is 0 Å². The van der Waals surface area contributed by atoms with Crippen LogP contribution in [0.25, 0.3) is 77.2 Å². The van der Waals surface area contributed by atoms with Gasteiger partial charge in [0.25, 0.3) is 0 Å². The highest BCUT2D eigenvalue weighted by atomic mass is 32.2. The van der Waals surface area contributed by atoms with Gasteiger partial charge in [0.15, 0.2) is 0 Å². The monoisotopic (exact) mass is 784 g/mol. The van der Waals surface area contributed by atoms with Gasteiger partial charge in [0.1, 0.15) is 0 Å². The lowest BCUT2D eigenvalue weighted by Gasteiger charge is -2.35. The molecule has 0 aliphatic carbocycles. The van der Waals surface area contributed by atoms with Crippen molar-refractivity contribution in [2.24, 2.45) is 0 Å². The largest absolute Gasteiger partial charge is 0.309 e. The van der Waals surface area contributed by atoms with E-state index in [0.717, 1.165) is 0 Å². The molecule has 59 heavy (non-hydrogen) atoms. The number of para-hydroxylation sites is 4.